The van der Waals surface area contributed by atoms with E-state index in [1.54, 1.807) is 4.90 Å². The third kappa shape index (κ3) is 7.19. The van der Waals surface area contributed by atoms with Gasteiger partial charge in [-0.05, 0) is 62.1 Å². The highest BCUT2D eigenvalue weighted by Crippen LogP contribution is 2.19. The van der Waals surface area contributed by atoms with Gasteiger partial charge in [-0.25, -0.2) is 0 Å². The lowest BCUT2D eigenvalue weighted by Crippen LogP contribution is -2.52. The number of halogens is 1. The van der Waals surface area contributed by atoms with Crippen LogP contribution >= 0.6 is 11.6 Å². The lowest BCUT2D eigenvalue weighted by Gasteiger charge is -2.32. The second-order valence-electron chi connectivity index (χ2n) is 9.12. The predicted octanol–water partition coefficient (Wildman–Crippen LogP) is 5.66. The monoisotopic (exact) mass is 476 g/mol. The molecule has 1 N–H and O–H groups in total. The fourth-order valence-electron chi connectivity index (χ4n) is 3.98. The van der Waals surface area contributed by atoms with Crippen molar-refractivity contribution in [2.45, 2.75) is 59.2 Å². The molecule has 3 rings (SSSR count). The second-order valence-corrected chi connectivity index (χ2v) is 9.56. The SMILES string of the molecule is Cc1ccc(C)c(CC(=O)N(Cc2ccc(Cl)cc2)C(Cc2ccccc2)C(=O)NC(C)C)c1. The number of carbonyl (C=O) groups is 2. The second kappa shape index (κ2) is 11.8. The van der Waals surface area contributed by atoms with Crippen molar-refractivity contribution < 1.29 is 9.59 Å². The summed E-state index contributed by atoms with van der Waals surface area (Å²) in [5, 5.41) is 3.66. The minimum atomic E-state index is -0.641. The molecule has 5 heteroatoms. The quantitative estimate of drug-likeness (QED) is 0.433. The van der Waals surface area contributed by atoms with E-state index in [4.69, 9.17) is 11.6 Å². The molecule has 1 atom stereocenters. The highest BCUT2D eigenvalue weighted by atomic mass is 35.5. The van der Waals surface area contributed by atoms with Crippen LogP contribution in [0, 0.1) is 13.8 Å². The molecule has 0 heterocycles. The maximum Gasteiger partial charge on any atom is 0.243 e. The van der Waals surface area contributed by atoms with E-state index in [2.05, 4.69) is 5.32 Å². The number of hydrogen-bond donors (Lipinski definition) is 1. The molecule has 2 amide bonds. The van der Waals surface area contributed by atoms with E-state index >= 15 is 0 Å². The van der Waals surface area contributed by atoms with Crippen LogP contribution in [0.25, 0.3) is 0 Å². The van der Waals surface area contributed by atoms with Gasteiger partial charge < -0.3 is 10.2 Å². The van der Waals surface area contributed by atoms with Crippen LogP contribution in [-0.2, 0) is 29.0 Å². The van der Waals surface area contributed by atoms with Crippen LogP contribution in [0.1, 0.15) is 41.7 Å². The fraction of sp³-hybridized carbons (Fsp3) is 0.310. The Morgan fingerprint density at radius 1 is 0.912 bits per heavy atom. The smallest absolute Gasteiger partial charge is 0.243 e. The minimum absolute atomic E-state index is 0.0303. The van der Waals surface area contributed by atoms with Gasteiger partial charge in [-0.2, -0.15) is 0 Å². The van der Waals surface area contributed by atoms with E-state index in [9.17, 15) is 9.59 Å². The van der Waals surface area contributed by atoms with Crippen molar-refractivity contribution in [2.75, 3.05) is 0 Å². The summed E-state index contributed by atoms with van der Waals surface area (Å²) in [4.78, 5) is 28.9. The van der Waals surface area contributed by atoms with E-state index in [0.717, 1.165) is 27.8 Å². The highest BCUT2D eigenvalue weighted by Gasteiger charge is 2.31. The van der Waals surface area contributed by atoms with Crippen LogP contribution in [-0.4, -0.2) is 28.8 Å². The highest BCUT2D eigenvalue weighted by molar-refractivity contribution is 6.30. The van der Waals surface area contributed by atoms with E-state index in [1.807, 2.05) is 100 Å². The number of amides is 2. The van der Waals surface area contributed by atoms with Gasteiger partial charge in [-0.3, -0.25) is 9.59 Å². The summed E-state index contributed by atoms with van der Waals surface area (Å²) in [5.74, 6) is -0.231. The van der Waals surface area contributed by atoms with Crippen molar-refractivity contribution in [3.05, 3.63) is 106 Å². The first-order valence-electron chi connectivity index (χ1n) is 11.7. The summed E-state index contributed by atoms with van der Waals surface area (Å²) in [6.45, 7) is 8.22. The molecule has 0 aromatic heterocycles. The molecule has 3 aromatic carbocycles. The van der Waals surface area contributed by atoms with Crippen LogP contribution < -0.4 is 5.32 Å². The zero-order chi connectivity index (χ0) is 24.7. The molecule has 0 aliphatic carbocycles. The van der Waals surface area contributed by atoms with Crippen molar-refractivity contribution in [3.63, 3.8) is 0 Å². The Bertz CT molecular complexity index is 1110. The predicted molar refractivity (Wildman–Crippen MR) is 139 cm³/mol. The van der Waals surface area contributed by atoms with Crippen molar-refractivity contribution in [1.29, 1.82) is 0 Å². The molecule has 3 aromatic rings. The van der Waals surface area contributed by atoms with Crippen LogP contribution in [0.15, 0.2) is 72.8 Å². The molecule has 178 valence electrons. The summed E-state index contributed by atoms with van der Waals surface area (Å²) < 4.78 is 0. The van der Waals surface area contributed by atoms with Gasteiger partial charge in [0.05, 0.1) is 6.42 Å². The van der Waals surface area contributed by atoms with Crippen LogP contribution in [0.2, 0.25) is 5.02 Å². The van der Waals surface area contributed by atoms with Gasteiger partial charge in [0, 0.05) is 24.0 Å². The standard InChI is InChI=1S/C29H33ClN2O2/c1-20(2)31-29(34)27(17-23-8-6-5-7-9-23)32(19-24-12-14-26(30)15-13-24)28(33)18-25-16-21(3)10-11-22(25)4/h5-16,20,27H,17-19H2,1-4H3,(H,31,34). The molecule has 0 saturated heterocycles. The number of benzene rings is 3. The average molecular weight is 477 g/mol. The first-order valence-corrected chi connectivity index (χ1v) is 12.0. The lowest BCUT2D eigenvalue weighted by atomic mass is 9.99. The molecular weight excluding hydrogens is 444 g/mol. The van der Waals surface area contributed by atoms with Crippen LogP contribution in [0.5, 0.6) is 0 Å². The zero-order valence-electron chi connectivity index (χ0n) is 20.3. The van der Waals surface area contributed by atoms with Crippen LogP contribution in [0.4, 0.5) is 0 Å². The van der Waals surface area contributed by atoms with Gasteiger partial charge in [-0.15, -0.1) is 0 Å². The van der Waals surface area contributed by atoms with Gasteiger partial charge in [0.2, 0.25) is 11.8 Å². The molecule has 0 aliphatic heterocycles. The van der Waals surface area contributed by atoms with Crippen LogP contribution in [0.3, 0.4) is 0 Å². The van der Waals surface area contributed by atoms with E-state index < -0.39 is 6.04 Å². The van der Waals surface area contributed by atoms with Gasteiger partial charge >= 0.3 is 0 Å². The molecular formula is C29H33ClN2O2. The number of nitrogens with zero attached hydrogens (tertiary/aromatic N) is 1. The molecule has 34 heavy (non-hydrogen) atoms. The van der Waals surface area contributed by atoms with E-state index in [-0.39, 0.29) is 24.3 Å². The first-order chi connectivity index (χ1) is 16.2. The molecule has 0 spiro atoms. The largest absolute Gasteiger partial charge is 0.352 e. The minimum Gasteiger partial charge on any atom is -0.352 e. The summed E-state index contributed by atoms with van der Waals surface area (Å²) in [7, 11) is 0. The number of carbonyl (C=O) groups excluding carboxylic acids is 2. The van der Waals surface area contributed by atoms with Gasteiger partial charge in [0.15, 0.2) is 0 Å². The molecule has 0 radical (unpaired) electrons. The Morgan fingerprint density at radius 2 is 1.59 bits per heavy atom. The first kappa shape index (κ1) is 25.5. The van der Waals surface area contributed by atoms with Gasteiger partial charge in [0.25, 0.3) is 0 Å². The maximum atomic E-state index is 13.8. The maximum absolute atomic E-state index is 13.8. The van der Waals surface area contributed by atoms with Crippen molar-refractivity contribution in [1.82, 2.24) is 10.2 Å². The number of aryl methyl sites for hydroxylation is 2. The number of rotatable bonds is 9. The van der Waals surface area contributed by atoms with E-state index in [1.165, 1.54) is 0 Å². The molecule has 0 bridgehead atoms. The number of nitrogens with one attached hydrogen (secondary N) is 1. The molecule has 0 fully saturated rings. The summed E-state index contributed by atoms with van der Waals surface area (Å²) in [5.41, 5.74) is 5.09. The lowest BCUT2D eigenvalue weighted by molar-refractivity contribution is -0.141. The Kier molecular flexibility index (Phi) is 8.89. The normalized spacial score (nSPS) is 11.8. The number of hydrogen-bond acceptors (Lipinski definition) is 2. The Hall–Kier alpha value is -3.11. The van der Waals surface area contributed by atoms with Gasteiger partial charge in [-0.1, -0.05) is 77.8 Å². The van der Waals surface area contributed by atoms with Crippen molar-refractivity contribution in [3.8, 4) is 0 Å². The molecule has 4 nitrogen and oxygen atoms in total. The topological polar surface area (TPSA) is 49.4 Å². The third-order valence-electron chi connectivity index (χ3n) is 5.81. The summed E-state index contributed by atoms with van der Waals surface area (Å²) >= 11 is 6.08. The zero-order valence-corrected chi connectivity index (χ0v) is 21.1. The summed E-state index contributed by atoms with van der Waals surface area (Å²) in [6, 6.07) is 22.7. The van der Waals surface area contributed by atoms with Crippen molar-refractivity contribution >= 4 is 23.4 Å². The Labute approximate surface area is 207 Å². The molecule has 0 saturated carbocycles. The average Bonchev–Trinajstić information content (AvgIpc) is 2.80. The molecule has 0 aliphatic rings. The third-order valence-corrected chi connectivity index (χ3v) is 6.07. The summed E-state index contributed by atoms with van der Waals surface area (Å²) in [6.07, 6.45) is 0.673. The Balaban J connectivity index is 1.99. The van der Waals surface area contributed by atoms with Crippen molar-refractivity contribution in [2.24, 2.45) is 0 Å². The van der Waals surface area contributed by atoms with E-state index in [0.29, 0.717) is 18.0 Å². The van der Waals surface area contributed by atoms with Gasteiger partial charge in [0.1, 0.15) is 6.04 Å². The molecule has 1 unspecified atom stereocenters. The fourth-order valence-corrected chi connectivity index (χ4v) is 4.10. The Morgan fingerprint density at radius 3 is 2.24 bits per heavy atom.